The molecular weight excluding hydrogens is 662 g/mol. The highest BCUT2D eigenvalue weighted by Crippen LogP contribution is 2.53. The van der Waals surface area contributed by atoms with Crippen molar-refractivity contribution in [3.63, 3.8) is 0 Å². The van der Waals surface area contributed by atoms with Gasteiger partial charge in [0, 0.05) is 44.4 Å². The van der Waals surface area contributed by atoms with Gasteiger partial charge < -0.3 is 0 Å². The highest BCUT2D eigenvalue weighted by atomic mass is 32.2. The van der Waals surface area contributed by atoms with Crippen molar-refractivity contribution in [3.8, 4) is 5.69 Å². The van der Waals surface area contributed by atoms with Crippen LogP contribution in [0.2, 0.25) is 0 Å². The largest absolute Gasteiger partial charge is 0.416 e. The lowest BCUT2D eigenvalue weighted by Crippen LogP contribution is -2.59. The first-order valence-corrected chi connectivity index (χ1v) is 16.5. The number of allylic oxidation sites excluding steroid dienone is 1. The van der Waals surface area contributed by atoms with Crippen LogP contribution in [0.25, 0.3) is 11.8 Å². The molecule has 0 unspecified atom stereocenters. The number of halogens is 6. The van der Waals surface area contributed by atoms with Crippen LogP contribution >= 0.6 is 0 Å². The van der Waals surface area contributed by atoms with E-state index in [4.69, 9.17) is 0 Å². The van der Waals surface area contributed by atoms with Crippen LogP contribution in [0.1, 0.15) is 59.4 Å². The molecule has 3 aliphatic rings. The number of sulfonamides is 1. The van der Waals surface area contributed by atoms with Crippen molar-refractivity contribution in [2.45, 2.75) is 67.7 Å². The van der Waals surface area contributed by atoms with Crippen LogP contribution in [-0.4, -0.2) is 61.1 Å². The van der Waals surface area contributed by atoms with Gasteiger partial charge in [-0.15, -0.1) is 0 Å². The summed E-state index contributed by atoms with van der Waals surface area (Å²) in [6.45, 7) is 0. The highest BCUT2D eigenvalue weighted by molar-refractivity contribution is 7.89. The van der Waals surface area contributed by atoms with Crippen molar-refractivity contribution in [2.75, 3.05) is 0 Å². The minimum atomic E-state index is -4.76. The Hall–Kier alpha value is -4.31. The number of fused-ring (bicyclic) bond motifs is 2. The first-order chi connectivity index (χ1) is 22.6. The number of ketones is 1. The monoisotopic (exact) mass is 690 g/mol. The molecule has 7 rings (SSSR count). The van der Waals surface area contributed by atoms with Gasteiger partial charge in [0.05, 0.1) is 28.6 Å². The Bertz CT molecular complexity index is 2050. The van der Waals surface area contributed by atoms with Crippen molar-refractivity contribution in [1.29, 1.82) is 0 Å². The van der Waals surface area contributed by atoms with E-state index >= 15 is 0 Å². The summed E-state index contributed by atoms with van der Waals surface area (Å²) in [4.78, 5) is 18.6. The molecule has 0 saturated heterocycles. The molecule has 0 aliphatic heterocycles. The Kier molecular flexibility index (Phi) is 7.47. The number of hydrogen-bond acceptors (Lipinski definition) is 6. The lowest BCUT2D eigenvalue weighted by atomic mass is 9.60. The van der Waals surface area contributed by atoms with E-state index in [1.165, 1.54) is 54.5 Å². The van der Waals surface area contributed by atoms with Crippen molar-refractivity contribution >= 4 is 21.9 Å². The summed E-state index contributed by atoms with van der Waals surface area (Å²) < 4.78 is 115. The van der Waals surface area contributed by atoms with E-state index in [-0.39, 0.29) is 30.7 Å². The van der Waals surface area contributed by atoms with Crippen LogP contribution in [0.3, 0.4) is 0 Å². The summed E-state index contributed by atoms with van der Waals surface area (Å²) in [5.41, 5.74) is -0.945. The third kappa shape index (κ3) is 5.44. The molecule has 2 saturated carbocycles. The van der Waals surface area contributed by atoms with Crippen molar-refractivity contribution in [3.05, 3.63) is 95.0 Å². The van der Waals surface area contributed by atoms with Gasteiger partial charge in [0.2, 0.25) is 0 Å². The fourth-order valence-corrected chi connectivity index (χ4v) is 9.00. The molecule has 4 aromatic rings. The molecule has 9 nitrogen and oxygen atoms in total. The molecule has 0 amide bonds. The number of alkyl halides is 5. The number of Topliss-reactive ketones (excluding diaryl/α,β-unsaturated/α-hetero) is 1. The topological polar surface area (TPSA) is 103 Å². The predicted molar refractivity (Wildman–Crippen MR) is 159 cm³/mol. The second-order valence-corrected chi connectivity index (χ2v) is 14.4. The van der Waals surface area contributed by atoms with E-state index in [0.717, 1.165) is 16.6 Å². The molecule has 0 N–H and O–H groups in total. The Morgan fingerprint density at radius 3 is 2.42 bits per heavy atom. The van der Waals surface area contributed by atoms with Crippen molar-refractivity contribution in [2.24, 2.45) is 12.5 Å². The lowest BCUT2D eigenvalue weighted by molar-refractivity contribution is -0.137. The van der Waals surface area contributed by atoms with Crippen LogP contribution in [0.15, 0.2) is 71.7 Å². The molecule has 48 heavy (non-hydrogen) atoms. The Balaban J connectivity index is 1.34. The van der Waals surface area contributed by atoms with Gasteiger partial charge in [0.25, 0.3) is 15.9 Å². The summed E-state index contributed by atoms with van der Waals surface area (Å²) in [6, 6.07) is 6.19. The van der Waals surface area contributed by atoms with Crippen LogP contribution < -0.4 is 0 Å². The summed E-state index contributed by atoms with van der Waals surface area (Å²) in [6.07, 6.45) is -0.684. The average Bonchev–Trinajstić information content (AvgIpc) is 3.65. The Morgan fingerprint density at radius 1 is 1.04 bits per heavy atom. The minimum absolute atomic E-state index is 0.0685. The molecule has 0 radical (unpaired) electrons. The van der Waals surface area contributed by atoms with Gasteiger partial charge in [-0.1, -0.05) is 5.57 Å². The number of aromatic nitrogens is 5. The van der Waals surface area contributed by atoms with E-state index in [1.807, 2.05) is 0 Å². The average molecular weight is 691 g/mol. The normalized spacial score (nSPS) is 22.5. The molecule has 0 bridgehead atoms. The van der Waals surface area contributed by atoms with E-state index < -0.39 is 75.3 Å². The van der Waals surface area contributed by atoms with Gasteiger partial charge in [0.15, 0.2) is 10.8 Å². The first-order valence-electron chi connectivity index (χ1n) is 15.1. The summed E-state index contributed by atoms with van der Waals surface area (Å²) in [5, 5.41) is 8.13. The maximum atomic E-state index is 14.6. The molecule has 1 aromatic carbocycles. The maximum Gasteiger partial charge on any atom is 0.416 e. The molecular formula is C32H28F6N6O3S. The second-order valence-electron chi connectivity index (χ2n) is 12.6. The van der Waals surface area contributed by atoms with Gasteiger partial charge in [0.1, 0.15) is 11.5 Å². The molecule has 3 aromatic heterocycles. The summed E-state index contributed by atoms with van der Waals surface area (Å²) in [7, 11) is -2.93. The van der Waals surface area contributed by atoms with E-state index in [1.54, 1.807) is 10.8 Å². The minimum Gasteiger partial charge on any atom is -0.291 e. The van der Waals surface area contributed by atoms with E-state index in [9.17, 15) is 39.6 Å². The van der Waals surface area contributed by atoms with Crippen molar-refractivity contribution in [1.82, 2.24) is 28.9 Å². The molecule has 2 fully saturated rings. The molecule has 2 atom stereocenters. The third-order valence-corrected chi connectivity index (χ3v) is 11.4. The number of hydrogen-bond donors (Lipinski definition) is 0. The standard InChI is InChI=1S/C32H28F6N6O3S/c1-42-11-9-28(41-42)48(46,47)44(25-16-31(34,35)17-25)24-5-2-20-13-27-19(18-40-43(27)23-6-3-22(33)4-7-23)14-30(20,15-24)29(45)26-12-21(8-10-39-26)32(36,37)38/h3-4,6-13,18,24-25H,2,5,14-17H2,1H3/t24-,30-/m0/s1. The number of nitrogens with zero attached hydrogens (tertiary/aromatic N) is 6. The van der Waals surface area contributed by atoms with Crippen LogP contribution in [-0.2, 0) is 29.7 Å². The van der Waals surface area contributed by atoms with Gasteiger partial charge in [-0.05, 0) is 79.8 Å². The maximum absolute atomic E-state index is 14.6. The van der Waals surface area contributed by atoms with Gasteiger partial charge in [-0.2, -0.15) is 27.7 Å². The molecule has 0 spiro atoms. The Morgan fingerprint density at radius 2 is 1.77 bits per heavy atom. The smallest absolute Gasteiger partial charge is 0.291 e. The zero-order chi connectivity index (χ0) is 34.2. The first kappa shape index (κ1) is 32.2. The van der Waals surface area contributed by atoms with E-state index in [0.29, 0.717) is 28.6 Å². The summed E-state index contributed by atoms with van der Waals surface area (Å²) in [5.74, 6) is -4.28. The lowest BCUT2D eigenvalue weighted by Gasteiger charge is -2.50. The number of carbonyl (C=O) groups is 1. The van der Waals surface area contributed by atoms with Crippen LogP contribution in [0, 0.1) is 11.2 Å². The van der Waals surface area contributed by atoms with Gasteiger partial charge in [-0.3, -0.25) is 14.5 Å². The molecule has 3 heterocycles. The summed E-state index contributed by atoms with van der Waals surface area (Å²) >= 11 is 0. The zero-order valence-electron chi connectivity index (χ0n) is 25.3. The number of benzene rings is 1. The van der Waals surface area contributed by atoms with Gasteiger partial charge >= 0.3 is 6.18 Å². The predicted octanol–water partition coefficient (Wildman–Crippen LogP) is 6.01. The number of rotatable bonds is 7. The van der Waals surface area contributed by atoms with Gasteiger partial charge in [-0.25, -0.2) is 26.3 Å². The number of carbonyl (C=O) groups excluding carboxylic acids is 1. The number of aryl methyl sites for hydroxylation is 1. The van der Waals surface area contributed by atoms with Crippen molar-refractivity contribution < 1.29 is 39.6 Å². The van der Waals surface area contributed by atoms with E-state index in [2.05, 4.69) is 15.2 Å². The fraction of sp³-hybridized carbons (Fsp3) is 0.375. The molecule has 16 heteroatoms. The fourth-order valence-electron chi connectivity index (χ4n) is 7.20. The molecule has 252 valence electrons. The quantitative estimate of drug-likeness (QED) is 0.174. The van der Waals surface area contributed by atoms with Crippen LogP contribution in [0.4, 0.5) is 26.3 Å². The Labute approximate surface area is 270 Å². The second kappa shape index (κ2) is 11.1. The third-order valence-electron chi connectivity index (χ3n) is 9.48. The highest BCUT2D eigenvalue weighted by Gasteiger charge is 2.57. The molecule has 3 aliphatic carbocycles. The zero-order valence-corrected chi connectivity index (χ0v) is 26.1. The SMILES string of the molecule is Cn1ccc(S(=O)(=O)N(C2CC(F)(F)C2)[C@H]2CCC3=Cc4c(cnn4-c4ccc(F)cc4)C[C@]3(C(=O)c3cc(C(F)(F)F)ccn3)C2)n1. The van der Waals surface area contributed by atoms with Crippen LogP contribution in [0.5, 0.6) is 0 Å². The number of pyridine rings is 1.